The van der Waals surface area contributed by atoms with Gasteiger partial charge in [-0.15, -0.1) is 0 Å². The van der Waals surface area contributed by atoms with Crippen LogP contribution in [0.15, 0.2) is 40.9 Å². The number of carbonyl (C=O) groups is 1. The van der Waals surface area contributed by atoms with Gasteiger partial charge in [-0.25, -0.2) is 0 Å². The van der Waals surface area contributed by atoms with Crippen LogP contribution in [-0.2, 0) is 16.0 Å². The molecule has 1 aliphatic carbocycles. The number of benzene rings is 1. The van der Waals surface area contributed by atoms with Crippen molar-refractivity contribution >= 4 is 21.9 Å². The number of rotatable bonds is 3. The maximum Gasteiger partial charge on any atom is 0.312 e. The molecular formula is C17H21BrO2. The predicted molar refractivity (Wildman–Crippen MR) is 84.5 cm³/mol. The minimum absolute atomic E-state index is 0.115. The molecule has 1 aromatic rings. The summed E-state index contributed by atoms with van der Waals surface area (Å²) in [5, 5.41) is 0. The van der Waals surface area contributed by atoms with Gasteiger partial charge in [0.15, 0.2) is 0 Å². The van der Waals surface area contributed by atoms with Gasteiger partial charge in [-0.3, -0.25) is 4.79 Å². The molecule has 1 fully saturated rings. The van der Waals surface area contributed by atoms with Gasteiger partial charge in [-0.1, -0.05) is 46.3 Å². The van der Waals surface area contributed by atoms with Gasteiger partial charge in [0.25, 0.3) is 0 Å². The summed E-state index contributed by atoms with van der Waals surface area (Å²) in [6.45, 7) is 6.23. The minimum atomic E-state index is -0.459. The molecule has 0 heterocycles. The van der Waals surface area contributed by atoms with E-state index in [0.717, 1.165) is 30.2 Å². The van der Waals surface area contributed by atoms with E-state index in [1.54, 1.807) is 0 Å². The highest BCUT2D eigenvalue weighted by molar-refractivity contribution is 9.10. The molecule has 0 aliphatic heterocycles. The SMILES string of the molecule is C=C1CCC[C@@](C)(C(=O)OC)[C@@H]1Cc1ccccc1Br. The molecule has 0 spiro atoms. The molecule has 20 heavy (non-hydrogen) atoms. The van der Waals surface area contributed by atoms with Crippen LogP contribution >= 0.6 is 15.9 Å². The fourth-order valence-electron chi connectivity index (χ4n) is 3.21. The van der Waals surface area contributed by atoms with E-state index in [-0.39, 0.29) is 11.9 Å². The minimum Gasteiger partial charge on any atom is -0.469 e. The third-order valence-electron chi connectivity index (χ3n) is 4.49. The number of hydrogen-bond acceptors (Lipinski definition) is 2. The monoisotopic (exact) mass is 336 g/mol. The summed E-state index contributed by atoms with van der Waals surface area (Å²) in [6.07, 6.45) is 3.71. The molecule has 2 rings (SSSR count). The lowest BCUT2D eigenvalue weighted by atomic mass is 9.63. The Labute approximate surface area is 129 Å². The zero-order valence-corrected chi connectivity index (χ0v) is 13.7. The Morgan fingerprint density at radius 3 is 2.85 bits per heavy atom. The van der Waals surface area contributed by atoms with Gasteiger partial charge in [0.05, 0.1) is 12.5 Å². The smallest absolute Gasteiger partial charge is 0.312 e. The van der Waals surface area contributed by atoms with Crippen LogP contribution in [-0.4, -0.2) is 13.1 Å². The van der Waals surface area contributed by atoms with E-state index in [0.29, 0.717) is 0 Å². The zero-order valence-electron chi connectivity index (χ0n) is 12.1. The van der Waals surface area contributed by atoms with Gasteiger partial charge in [-0.05, 0) is 50.2 Å². The molecule has 0 aromatic heterocycles. The Balaban J connectivity index is 2.32. The largest absolute Gasteiger partial charge is 0.469 e. The molecule has 108 valence electrons. The molecule has 1 aliphatic rings. The summed E-state index contributed by atoms with van der Waals surface area (Å²) < 4.78 is 6.14. The number of hydrogen-bond donors (Lipinski definition) is 0. The van der Waals surface area contributed by atoms with E-state index in [4.69, 9.17) is 4.74 Å². The summed E-state index contributed by atoms with van der Waals surface area (Å²) in [4.78, 5) is 12.2. The van der Waals surface area contributed by atoms with Crippen molar-refractivity contribution in [3.05, 3.63) is 46.5 Å². The Bertz CT molecular complexity index is 523. The Kier molecular flexibility index (Phi) is 4.69. The number of ether oxygens (including phenoxy) is 1. The van der Waals surface area contributed by atoms with Crippen LogP contribution in [0.25, 0.3) is 0 Å². The third kappa shape index (κ3) is 2.83. The molecule has 0 saturated heterocycles. The summed E-state index contributed by atoms with van der Waals surface area (Å²) >= 11 is 3.59. The predicted octanol–water partition coefficient (Wildman–Crippen LogP) is 4.53. The Morgan fingerprint density at radius 2 is 2.20 bits per heavy atom. The Hall–Kier alpha value is -1.09. The molecule has 2 nitrogen and oxygen atoms in total. The topological polar surface area (TPSA) is 26.3 Å². The number of allylic oxidation sites excluding steroid dienone is 1. The normalized spacial score (nSPS) is 26.4. The van der Waals surface area contributed by atoms with Crippen LogP contribution in [0, 0.1) is 11.3 Å². The maximum atomic E-state index is 12.2. The molecular weight excluding hydrogens is 316 g/mol. The van der Waals surface area contributed by atoms with E-state index >= 15 is 0 Å². The van der Waals surface area contributed by atoms with Gasteiger partial charge >= 0.3 is 5.97 Å². The van der Waals surface area contributed by atoms with Crippen LogP contribution in [0.4, 0.5) is 0 Å². The summed E-state index contributed by atoms with van der Waals surface area (Å²) in [5.41, 5.74) is 1.93. The fourth-order valence-corrected chi connectivity index (χ4v) is 3.66. The van der Waals surface area contributed by atoms with Crippen LogP contribution < -0.4 is 0 Å². The van der Waals surface area contributed by atoms with Crippen LogP contribution in [0.5, 0.6) is 0 Å². The van der Waals surface area contributed by atoms with Crippen LogP contribution in [0.3, 0.4) is 0 Å². The van der Waals surface area contributed by atoms with E-state index in [1.165, 1.54) is 18.2 Å². The van der Waals surface area contributed by atoms with Crippen molar-refractivity contribution in [2.75, 3.05) is 7.11 Å². The highest BCUT2D eigenvalue weighted by Gasteiger charge is 2.45. The van der Waals surface area contributed by atoms with Gasteiger partial charge in [0, 0.05) is 4.47 Å². The highest BCUT2D eigenvalue weighted by Crippen LogP contribution is 2.46. The lowest BCUT2D eigenvalue weighted by Gasteiger charge is -2.40. The Morgan fingerprint density at radius 1 is 1.50 bits per heavy atom. The van der Waals surface area contributed by atoms with Crippen molar-refractivity contribution in [3.8, 4) is 0 Å². The van der Waals surface area contributed by atoms with Gasteiger partial charge < -0.3 is 4.74 Å². The molecule has 0 amide bonds. The van der Waals surface area contributed by atoms with Crippen LogP contribution in [0.2, 0.25) is 0 Å². The van der Waals surface area contributed by atoms with Crippen molar-refractivity contribution < 1.29 is 9.53 Å². The van der Waals surface area contributed by atoms with E-state index in [1.807, 2.05) is 25.1 Å². The summed E-state index contributed by atoms with van der Waals surface area (Å²) in [7, 11) is 1.47. The van der Waals surface area contributed by atoms with Crippen molar-refractivity contribution in [1.29, 1.82) is 0 Å². The van der Waals surface area contributed by atoms with E-state index in [9.17, 15) is 4.79 Å². The molecule has 0 radical (unpaired) electrons. The summed E-state index contributed by atoms with van der Waals surface area (Å²) in [6, 6.07) is 8.17. The second kappa shape index (κ2) is 6.13. The molecule has 0 bridgehead atoms. The first-order chi connectivity index (χ1) is 9.49. The number of methoxy groups -OCH3 is 1. The average Bonchev–Trinajstić information content (AvgIpc) is 2.44. The molecule has 1 aromatic carbocycles. The van der Waals surface area contributed by atoms with Crippen molar-refractivity contribution in [2.45, 2.75) is 32.6 Å². The van der Waals surface area contributed by atoms with Gasteiger partial charge in [-0.2, -0.15) is 0 Å². The van der Waals surface area contributed by atoms with Crippen LogP contribution in [0.1, 0.15) is 31.7 Å². The molecule has 1 saturated carbocycles. The second-order valence-corrected chi connectivity index (χ2v) is 6.62. The molecule has 2 atom stereocenters. The second-order valence-electron chi connectivity index (χ2n) is 5.77. The average molecular weight is 337 g/mol. The molecule has 0 N–H and O–H groups in total. The third-order valence-corrected chi connectivity index (χ3v) is 5.26. The molecule has 3 heteroatoms. The van der Waals surface area contributed by atoms with Crippen molar-refractivity contribution in [1.82, 2.24) is 0 Å². The molecule has 0 unspecified atom stereocenters. The first kappa shape index (κ1) is 15.3. The lowest BCUT2D eigenvalue weighted by Crippen LogP contribution is -2.41. The standard InChI is InChI=1S/C17H21BrO2/c1-12-7-6-10-17(2,16(19)20-3)14(12)11-13-8-4-5-9-15(13)18/h4-5,8-9,14H,1,6-7,10-11H2,2-3H3/t14-,17-/m1/s1. The fraction of sp³-hybridized carbons (Fsp3) is 0.471. The van der Waals surface area contributed by atoms with Crippen molar-refractivity contribution in [2.24, 2.45) is 11.3 Å². The first-order valence-corrected chi connectivity index (χ1v) is 7.78. The van der Waals surface area contributed by atoms with Gasteiger partial charge in [0.1, 0.15) is 0 Å². The number of halogens is 1. The van der Waals surface area contributed by atoms with E-state index in [2.05, 4.69) is 28.6 Å². The zero-order chi connectivity index (χ0) is 14.8. The highest BCUT2D eigenvalue weighted by atomic mass is 79.9. The maximum absolute atomic E-state index is 12.2. The lowest BCUT2D eigenvalue weighted by molar-refractivity contribution is -0.155. The first-order valence-electron chi connectivity index (χ1n) is 6.98. The van der Waals surface area contributed by atoms with Gasteiger partial charge in [0.2, 0.25) is 0 Å². The summed E-state index contributed by atoms with van der Waals surface area (Å²) in [5.74, 6) is 0.0257. The van der Waals surface area contributed by atoms with Crippen molar-refractivity contribution in [3.63, 3.8) is 0 Å². The van der Waals surface area contributed by atoms with E-state index < -0.39 is 5.41 Å². The quantitative estimate of drug-likeness (QED) is 0.598. The number of esters is 1. The number of carbonyl (C=O) groups excluding carboxylic acids is 1.